The predicted octanol–water partition coefficient (Wildman–Crippen LogP) is 5.01. The van der Waals surface area contributed by atoms with E-state index in [0.29, 0.717) is 5.75 Å². The molecule has 2 aromatic carbocycles. The van der Waals surface area contributed by atoms with Crippen LogP contribution in [-0.4, -0.2) is 23.5 Å². The molecule has 0 saturated carbocycles. The highest BCUT2D eigenvalue weighted by atomic mass is 35.5. The second-order valence-electron chi connectivity index (χ2n) is 4.67. The van der Waals surface area contributed by atoms with E-state index in [1.54, 1.807) is 30.3 Å². The maximum Gasteiger partial charge on any atom is 0.341 e. The molecule has 0 aliphatic rings. The summed E-state index contributed by atoms with van der Waals surface area (Å²) < 4.78 is 5.02. The van der Waals surface area contributed by atoms with Gasteiger partial charge in [0.2, 0.25) is 0 Å². The van der Waals surface area contributed by atoms with Crippen LogP contribution >= 0.6 is 34.8 Å². The van der Waals surface area contributed by atoms with Gasteiger partial charge in [-0.3, -0.25) is 4.79 Å². The highest BCUT2D eigenvalue weighted by Gasteiger charge is 2.13. The minimum absolute atomic E-state index is 0.108. The van der Waals surface area contributed by atoms with Gasteiger partial charge in [0.05, 0.1) is 15.1 Å². The molecule has 0 aliphatic carbocycles. The lowest BCUT2D eigenvalue weighted by Gasteiger charge is -2.04. The van der Waals surface area contributed by atoms with Gasteiger partial charge >= 0.3 is 5.97 Å². The largest absolute Gasteiger partial charge is 0.482 e. The van der Waals surface area contributed by atoms with Gasteiger partial charge in [0, 0.05) is 5.56 Å². The average molecular weight is 386 g/mol. The molecule has 0 unspecified atom stereocenters. The molecule has 24 heavy (non-hydrogen) atoms. The number of carbonyl (C=O) groups excluding carboxylic acids is 1. The monoisotopic (exact) mass is 384 g/mol. The van der Waals surface area contributed by atoms with E-state index < -0.39 is 12.6 Å². The van der Waals surface area contributed by atoms with Crippen LogP contribution in [0.5, 0.6) is 5.75 Å². The van der Waals surface area contributed by atoms with Crippen LogP contribution in [0.25, 0.3) is 6.08 Å². The second-order valence-corrected chi connectivity index (χ2v) is 5.84. The van der Waals surface area contributed by atoms with E-state index >= 15 is 0 Å². The zero-order chi connectivity index (χ0) is 17.7. The van der Waals surface area contributed by atoms with Crippen molar-refractivity contribution < 1.29 is 19.4 Å². The molecular formula is C17H11Cl3O4. The number of allylic oxidation sites excluding steroid dienone is 1. The Hall–Kier alpha value is -2.01. The van der Waals surface area contributed by atoms with Crippen molar-refractivity contribution in [1.82, 2.24) is 0 Å². The molecule has 4 nitrogen and oxygen atoms in total. The lowest BCUT2D eigenvalue weighted by molar-refractivity contribution is -0.139. The highest BCUT2D eigenvalue weighted by Crippen LogP contribution is 2.33. The normalized spacial score (nSPS) is 10.8. The third-order valence-corrected chi connectivity index (χ3v) is 4.26. The molecule has 0 bridgehead atoms. The number of ketones is 1. The number of benzene rings is 2. The molecule has 124 valence electrons. The van der Waals surface area contributed by atoms with Crippen molar-refractivity contribution in [2.45, 2.75) is 0 Å². The van der Waals surface area contributed by atoms with Crippen LogP contribution < -0.4 is 4.74 Å². The first kappa shape index (κ1) is 18.3. The van der Waals surface area contributed by atoms with Gasteiger partial charge in [-0.25, -0.2) is 4.79 Å². The Morgan fingerprint density at radius 3 is 2.29 bits per heavy atom. The summed E-state index contributed by atoms with van der Waals surface area (Å²) in [6, 6.07) is 9.62. The number of rotatable bonds is 6. The summed E-state index contributed by atoms with van der Waals surface area (Å²) in [6.07, 6.45) is 2.96. The minimum Gasteiger partial charge on any atom is -0.482 e. The molecule has 0 saturated heterocycles. The molecule has 7 heteroatoms. The first-order valence-electron chi connectivity index (χ1n) is 6.69. The molecule has 0 aromatic heterocycles. The molecule has 0 amide bonds. The van der Waals surface area contributed by atoms with Crippen molar-refractivity contribution in [1.29, 1.82) is 0 Å². The zero-order valence-corrected chi connectivity index (χ0v) is 14.4. The Balaban J connectivity index is 2.09. The molecule has 0 aliphatic heterocycles. The van der Waals surface area contributed by atoms with Crippen LogP contribution in [0.3, 0.4) is 0 Å². The van der Waals surface area contributed by atoms with E-state index in [4.69, 9.17) is 44.6 Å². The number of hydrogen-bond donors (Lipinski definition) is 1. The van der Waals surface area contributed by atoms with E-state index in [1.807, 2.05) is 0 Å². The van der Waals surface area contributed by atoms with E-state index in [9.17, 15) is 9.59 Å². The van der Waals surface area contributed by atoms with Gasteiger partial charge in [0.15, 0.2) is 12.4 Å². The van der Waals surface area contributed by atoms with E-state index in [1.165, 1.54) is 18.2 Å². The molecule has 0 heterocycles. The molecule has 0 atom stereocenters. The van der Waals surface area contributed by atoms with Crippen molar-refractivity contribution in [3.05, 3.63) is 68.7 Å². The Morgan fingerprint density at radius 2 is 1.67 bits per heavy atom. The van der Waals surface area contributed by atoms with E-state index in [0.717, 1.165) is 5.56 Å². The maximum absolute atomic E-state index is 12.2. The highest BCUT2D eigenvalue weighted by molar-refractivity contribution is 6.49. The van der Waals surface area contributed by atoms with Gasteiger partial charge in [-0.05, 0) is 35.9 Å². The number of hydrogen-bond acceptors (Lipinski definition) is 3. The Morgan fingerprint density at radius 1 is 1.00 bits per heavy atom. The Bertz CT molecular complexity index is 798. The van der Waals surface area contributed by atoms with Gasteiger partial charge in [-0.2, -0.15) is 0 Å². The summed E-state index contributed by atoms with van der Waals surface area (Å²) in [4.78, 5) is 22.6. The molecule has 0 radical (unpaired) electrons. The first-order chi connectivity index (χ1) is 11.4. The molecule has 2 rings (SSSR count). The maximum atomic E-state index is 12.2. The van der Waals surface area contributed by atoms with Gasteiger partial charge in [-0.1, -0.05) is 53.0 Å². The van der Waals surface area contributed by atoms with Crippen LogP contribution in [-0.2, 0) is 4.79 Å². The smallest absolute Gasteiger partial charge is 0.341 e. The van der Waals surface area contributed by atoms with Crippen LogP contribution in [0, 0.1) is 0 Å². The topological polar surface area (TPSA) is 63.6 Å². The number of ether oxygens (including phenoxy) is 1. The van der Waals surface area contributed by atoms with Crippen LogP contribution in [0.4, 0.5) is 0 Å². The summed E-state index contributed by atoms with van der Waals surface area (Å²) in [6.45, 7) is -0.413. The predicted molar refractivity (Wildman–Crippen MR) is 94.4 cm³/mol. The number of carboxylic acid groups (broad SMARTS) is 1. The zero-order valence-electron chi connectivity index (χ0n) is 12.1. The third-order valence-electron chi connectivity index (χ3n) is 2.97. The summed E-state index contributed by atoms with van der Waals surface area (Å²) in [5.74, 6) is -0.943. The Kier molecular flexibility index (Phi) is 6.26. The number of carbonyl (C=O) groups is 2. The summed E-state index contributed by atoms with van der Waals surface area (Å²) in [7, 11) is 0. The van der Waals surface area contributed by atoms with Gasteiger partial charge in [0.1, 0.15) is 5.75 Å². The molecule has 0 spiro atoms. The molecular weight excluding hydrogens is 375 g/mol. The number of aliphatic carboxylic acids is 1. The van der Waals surface area contributed by atoms with E-state index in [-0.39, 0.29) is 26.4 Å². The quantitative estimate of drug-likeness (QED) is 0.431. The standard InChI is InChI=1S/C17H11Cl3O4/c18-13-7-6-12(16(19)17(13)20)14(21)8-3-10-1-4-11(5-2-10)24-9-15(22)23/h1-8H,9H2,(H,22,23). The Labute approximate surface area is 153 Å². The fourth-order valence-electron chi connectivity index (χ4n) is 1.80. The fraction of sp³-hybridized carbons (Fsp3) is 0.0588. The van der Waals surface area contributed by atoms with Crippen molar-refractivity contribution in [3.8, 4) is 5.75 Å². The summed E-state index contributed by atoms with van der Waals surface area (Å²) in [5, 5.41) is 9.06. The van der Waals surface area contributed by atoms with Gasteiger partial charge in [-0.15, -0.1) is 0 Å². The summed E-state index contributed by atoms with van der Waals surface area (Å²) >= 11 is 17.8. The fourth-order valence-corrected chi connectivity index (χ4v) is 2.43. The molecule has 0 fully saturated rings. The minimum atomic E-state index is -1.05. The van der Waals surface area contributed by atoms with Gasteiger partial charge in [0.25, 0.3) is 0 Å². The van der Waals surface area contributed by atoms with Crippen LogP contribution in [0.1, 0.15) is 15.9 Å². The van der Waals surface area contributed by atoms with Crippen molar-refractivity contribution in [3.63, 3.8) is 0 Å². The van der Waals surface area contributed by atoms with Crippen LogP contribution in [0.2, 0.25) is 15.1 Å². The van der Waals surface area contributed by atoms with Crippen molar-refractivity contribution in [2.24, 2.45) is 0 Å². The molecule has 2 aromatic rings. The van der Waals surface area contributed by atoms with Gasteiger partial charge < -0.3 is 9.84 Å². The lowest BCUT2D eigenvalue weighted by atomic mass is 10.1. The van der Waals surface area contributed by atoms with Crippen molar-refractivity contribution >= 4 is 52.6 Å². The van der Waals surface area contributed by atoms with Crippen molar-refractivity contribution in [2.75, 3.05) is 6.61 Å². The first-order valence-corrected chi connectivity index (χ1v) is 7.82. The lowest BCUT2D eigenvalue weighted by Crippen LogP contribution is -2.09. The SMILES string of the molecule is O=C(O)COc1ccc(C=CC(=O)c2ccc(Cl)c(Cl)c2Cl)cc1. The van der Waals surface area contributed by atoms with Crippen LogP contribution in [0.15, 0.2) is 42.5 Å². The summed E-state index contributed by atoms with van der Waals surface area (Å²) in [5.41, 5.74) is 0.992. The van der Waals surface area contributed by atoms with E-state index in [2.05, 4.69) is 0 Å². The third kappa shape index (κ3) is 4.74. The molecule has 1 N–H and O–H groups in total. The average Bonchev–Trinajstić information content (AvgIpc) is 2.56. The number of halogens is 3. The number of carboxylic acids is 1. The second kappa shape index (κ2) is 8.20.